The summed E-state index contributed by atoms with van der Waals surface area (Å²) in [5, 5.41) is 18.1. The van der Waals surface area contributed by atoms with Crippen molar-refractivity contribution >= 4 is 28.2 Å². The number of carbonyl (C=O) groups excluding carboxylic acids is 1. The maximum Gasteiger partial charge on any atom is 0.246 e. The molecular formula is C29H33FN8O2. The normalized spacial score (nSPS) is 19.5. The van der Waals surface area contributed by atoms with Gasteiger partial charge in [-0.15, -0.1) is 0 Å². The summed E-state index contributed by atoms with van der Waals surface area (Å²) in [6.45, 7) is 8.27. The number of likely N-dealkylation sites (N-methyl/N-ethyl adjacent to an activating group) is 1. The molecule has 1 aromatic carbocycles. The van der Waals surface area contributed by atoms with Crippen LogP contribution in [0.15, 0.2) is 31.0 Å². The van der Waals surface area contributed by atoms with Crippen LogP contribution in [0, 0.1) is 17.1 Å². The van der Waals surface area contributed by atoms with Crippen LogP contribution in [0.3, 0.4) is 0 Å². The van der Waals surface area contributed by atoms with Crippen molar-refractivity contribution in [2.75, 3.05) is 62.7 Å². The van der Waals surface area contributed by atoms with Gasteiger partial charge >= 0.3 is 0 Å². The molecule has 0 bridgehead atoms. The Labute approximate surface area is 232 Å². The molecule has 0 radical (unpaired) electrons. The number of nitrogens with zero attached hydrogens (tertiary/aromatic N) is 7. The highest BCUT2D eigenvalue weighted by Gasteiger charge is 2.32. The van der Waals surface area contributed by atoms with Gasteiger partial charge in [-0.2, -0.15) is 10.4 Å². The Hall–Kier alpha value is -4.17. The lowest BCUT2D eigenvalue weighted by Gasteiger charge is -2.39. The molecule has 0 spiro atoms. The lowest BCUT2D eigenvalue weighted by molar-refractivity contribution is -0.126. The van der Waals surface area contributed by atoms with Crippen molar-refractivity contribution in [2.45, 2.75) is 31.8 Å². The number of likely N-dealkylation sites (tertiary alicyclic amines) is 1. The largest absolute Gasteiger partial charge is 0.475 e. The van der Waals surface area contributed by atoms with Crippen LogP contribution in [0.4, 0.5) is 15.8 Å². The fourth-order valence-corrected chi connectivity index (χ4v) is 6.22. The zero-order chi connectivity index (χ0) is 27.8. The van der Waals surface area contributed by atoms with E-state index in [0.29, 0.717) is 69.4 Å². The van der Waals surface area contributed by atoms with E-state index in [1.165, 1.54) is 12.1 Å². The first-order valence-corrected chi connectivity index (χ1v) is 13.8. The number of fused-ring (bicyclic) bond motifs is 2. The number of piperazine rings is 1. The quantitative estimate of drug-likeness (QED) is 0.473. The summed E-state index contributed by atoms with van der Waals surface area (Å²) in [6.07, 6.45) is 5.74. The van der Waals surface area contributed by atoms with E-state index in [1.807, 2.05) is 4.90 Å². The number of amides is 1. The smallest absolute Gasteiger partial charge is 0.246 e. The number of H-pyrrole nitrogens is 1. The second kappa shape index (κ2) is 10.8. The van der Waals surface area contributed by atoms with Gasteiger partial charge in [-0.25, -0.2) is 9.37 Å². The monoisotopic (exact) mass is 544 g/mol. The molecule has 2 fully saturated rings. The third kappa shape index (κ3) is 4.62. The average Bonchev–Trinajstić information content (AvgIpc) is 3.63. The van der Waals surface area contributed by atoms with E-state index in [1.54, 1.807) is 17.2 Å². The topological polar surface area (TPSA) is 105 Å². The minimum absolute atomic E-state index is 0.0901. The Morgan fingerprint density at radius 3 is 2.77 bits per heavy atom. The molecule has 3 aliphatic heterocycles. The molecule has 40 heavy (non-hydrogen) atoms. The average molecular weight is 545 g/mol. The highest BCUT2D eigenvalue weighted by atomic mass is 19.1. The number of rotatable bonds is 6. The molecule has 0 aliphatic carbocycles. The molecule has 1 amide bonds. The van der Waals surface area contributed by atoms with Crippen molar-refractivity contribution < 1.29 is 13.9 Å². The Bertz CT molecular complexity index is 1490. The van der Waals surface area contributed by atoms with Gasteiger partial charge < -0.3 is 24.3 Å². The van der Waals surface area contributed by atoms with Crippen molar-refractivity contribution in [2.24, 2.45) is 0 Å². The van der Waals surface area contributed by atoms with Crippen LogP contribution < -0.4 is 14.5 Å². The molecule has 0 saturated carbocycles. The number of nitriles is 1. The second-order valence-electron chi connectivity index (χ2n) is 10.7. The number of halogens is 1. The van der Waals surface area contributed by atoms with Gasteiger partial charge in [0.25, 0.3) is 0 Å². The molecule has 10 nitrogen and oxygen atoms in total. The second-order valence-corrected chi connectivity index (χ2v) is 10.7. The van der Waals surface area contributed by atoms with Gasteiger partial charge in [-0.1, -0.05) is 6.58 Å². The molecule has 3 aromatic rings. The summed E-state index contributed by atoms with van der Waals surface area (Å²) in [5.74, 6) is -0.0762. The molecule has 11 heteroatoms. The van der Waals surface area contributed by atoms with Crippen LogP contribution in [-0.2, 0) is 17.8 Å². The van der Waals surface area contributed by atoms with E-state index >= 15 is 4.39 Å². The van der Waals surface area contributed by atoms with E-state index in [-0.39, 0.29) is 17.8 Å². The first-order chi connectivity index (χ1) is 19.5. The fourth-order valence-electron chi connectivity index (χ4n) is 6.22. The van der Waals surface area contributed by atoms with Crippen molar-refractivity contribution in [1.82, 2.24) is 25.0 Å². The summed E-state index contributed by atoms with van der Waals surface area (Å²) >= 11 is 0. The molecule has 6 rings (SSSR count). The Kier molecular flexibility index (Phi) is 7.02. The molecule has 1 atom stereocenters. The van der Waals surface area contributed by atoms with Crippen LogP contribution in [-0.4, -0.2) is 89.9 Å². The highest BCUT2D eigenvalue weighted by Crippen LogP contribution is 2.39. The number of carbonyl (C=O) groups is 1. The zero-order valence-corrected chi connectivity index (χ0v) is 22.7. The van der Waals surface area contributed by atoms with Crippen LogP contribution in [0.1, 0.15) is 29.7 Å². The SMILES string of the molecule is C=CC(=O)N1CCN(c2c(C#N)c(OC[C@@H]3CCCN3C)nc3c2CCN(c2c(F)ccc4[nH]ncc24)C3)CC1. The van der Waals surface area contributed by atoms with E-state index in [4.69, 9.17) is 9.72 Å². The Morgan fingerprint density at radius 1 is 1.23 bits per heavy atom. The van der Waals surface area contributed by atoms with E-state index in [2.05, 4.69) is 39.7 Å². The number of anilines is 2. The molecule has 1 N–H and O–H groups in total. The van der Waals surface area contributed by atoms with E-state index in [9.17, 15) is 10.1 Å². The number of hydrogen-bond donors (Lipinski definition) is 1. The highest BCUT2D eigenvalue weighted by molar-refractivity contribution is 5.92. The van der Waals surface area contributed by atoms with Gasteiger partial charge in [-0.3, -0.25) is 9.89 Å². The maximum absolute atomic E-state index is 15.2. The molecule has 0 unspecified atom stereocenters. The number of benzene rings is 1. The summed E-state index contributed by atoms with van der Waals surface area (Å²) < 4.78 is 21.5. The fraction of sp³-hybridized carbons (Fsp3) is 0.448. The molecule has 2 saturated heterocycles. The first kappa shape index (κ1) is 26.1. The number of pyridine rings is 1. The number of hydrogen-bond acceptors (Lipinski definition) is 8. The van der Waals surface area contributed by atoms with Gasteiger partial charge in [0, 0.05) is 49.7 Å². The van der Waals surface area contributed by atoms with Crippen LogP contribution in [0.5, 0.6) is 5.88 Å². The van der Waals surface area contributed by atoms with Crippen molar-refractivity contribution in [3.8, 4) is 11.9 Å². The van der Waals surface area contributed by atoms with E-state index in [0.717, 1.165) is 47.2 Å². The summed E-state index contributed by atoms with van der Waals surface area (Å²) in [7, 11) is 2.09. The summed E-state index contributed by atoms with van der Waals surface area (Å²) in [5.41, 5.74) is 4.29. The number of ether oxygens (including phenoxy) is 1. The predicted octanol–water partition coefficient (Wildman–Crippen LogP) is 2.84. The van der Waals surface area contributed by atoms with Crippen molar-refractivity contribution in [3.63, 3.8) is 0 Å². The van der Waals surface area contributed by atoms with Crippen LogP contribution >= 0.6 is 0 Å². The van der Waals surface area contributed by atoms with E-state index < -0.39 is 0 Å². The third-order valence-corrected chi connectivity index (χ3v) is 8.43. The first-order valence-electron chi connectivity index (χ1n) is 13.8. The molecule has 208 valence electrons. The minimum atomic E-state index is -0.310. The third-order valence-electron chi connectivity index (χ3n) is 8.43. The molecular weight excluding hydrogens is 511 g/mol. The molecule has 5 heterocycles. The van der Waals surface area contributed by atoms with Gasteiger partial charge in [0.1, 0.15) is 24.1 Å². The van der Waals surface area contributed by atoms with Gasteiger partial charge in [0.05, 0.1) is 35.3 Å². The van der Waals surface area contributed by atoms with Crippen molar-refractivity contribution in [3.05, 3.63) is 53.6 Å². The summed E-state index contributed by atoms with van der Waals surface area (Å²) in [4.78, 5) is 25.3. The Morgan fingerprint density at radius 2 is 2.05 bits per heavy atom. The Balaban J connectivity index is 1.37. The number of aromatic nitrogens is 3. The van der Waals surface area contributed by atoms with Crippen molar-refractivity contribution in [1.29, 1.82) is 5.26 Å². The lowest BCUT2D eigenvalue weighted by atomic mass is 9.97. The standard InChI is InChI=1S/C29H33FN8O2/c1-3-26(39)36-11-13-37(14-12-36)27-20-8-10-38(28-22-16-32-34-24(22)7-6-23(28)30)17-25(20)33-29(21(27)15-31)40-18-19-5-4-9-35(19)2/h3,6-7,16,19H,1,4-5,8-14,17-18H2,2H3,(H,32,34)/t19-/m0/s1. The maximum atomic E-state index is 15.2. The lowest BCUT2D eigenvalue weighted by Crippen LogP contribution is -2.49. The van der Waals surface area contributed by atoms with Gasteiger partial charge in [0.15, 0.2) is 0 Å². The van der Waals surface area contributed by atoms with Gasteiger partial charge in [-0.05, 0) is 51.1 Å². The van der Waals surface area contributed by atoms with Crippen LogP contribution in [0.25, 0.3) is 10.9 Å². The molecule has 2 aromatic heterocycles. The zero-order valence-electron chi connectivity index (χ0n) is 22.7. The van der Waals surface area contributed by atoms with Gasteiger partial charge in [0.2, 0.25) is 11.8 Å². The minimum Gasteiger partial charge on any atom is -0.475 e. The summed E-state index contributed by atoms with van der Waals surface area (Å²) in [6, 6.07) is 5.81. The number of nitrogens with one attached hydrogen (secondary N) is 1. The number of aromatic amines is 1. The van der Waals surface area contributed by atoms with Crippen LogP contribution in [0.2, 0.25) is 0 Å². The predicted molar refractivity (Wildman–Crippen MR) is 150 cm³/mol. The molecule has 3 aliphatic rings.